The Morgan fingerprint density at radius 3 is 3.00 bits per heavy atom. The Hall–Kier alpha value is -1.58. The largest absolute Gasteiger partial charge is 0.481 e. The molecular formula is C13H16FNO2. The second-order valence-corrected chi connectivity index (χ2v) is 4.48. The van der Waals surface area contributed by atoms with Crippen molar-refractivity contribution >= 4 is 11.7 Å². The van der Waals surface area contributed by atoms with Crippen LogP contribution in [0.3, 0.4) is 0 Å². The van der Waals surface area contributed by atoms with Gasteiger partial charge >= 0.3 is 5.97 Å². The van der Waals surface area contributed by atoms with E-state index in [0.717, 1.165) is 18.5 Å². The van der Waals surface area contributed by atoms with Crippen molar-refractivity contribution in [2.24, 2.45) is 5.92 Å². The molecule has 0 amide bonds. The van der Waals surface area contributed by atoms with Crippen LogP contribution in [0.4, 0.5) is 10.1 Å². The molecule has 1 heterocycles. The van der Waals surface area contributed by atoms with Crippen molar-refractivity contribution in [2.45, 2.75) is 25.7 Å². The fraction of sp³-hybridized carbons (Fsp3) is 0.462. The number of aliphatic carboxylic acids is 1. The quantitative estimate of drug-likeness (QED) is 0.849. The van der Waals surface area contributed by atoms with Crippen LogP contribution in [0, 0.1) is 11.7 Å². The van der Waals surface area contributed by atoms with E-state index in [4.69, 9.17) is 0 Å². The molecule has 1 aromatic rings. The van der Waals surface area contributed by atoms with Crippen LogP contribution in [-0.4, -0.2) is 17.6 Å². The number of carboxylic acids is 1. The van der Waals surface area contributed by atoms with Gasteiger partial charge in [-0.05, 0) is 36.1 Å². The Balaban J connectivity index is 2.40. The molecular weight excluding hydrogens is 221 g/mol. The summed E-state index contributed by atoms with van der Waals surface area (Å²) in [5, 5.41) is 12.5. The Bertz CT molecular complexity index is 433. The lowest BCUT2D eigenvalue weighted by Gasteiger charge is -2.31. The third-order valence-corrected chi connectivity index (χ3v) is 3.30. The molecule has 0 radical (unpaired) electrons. The lowest BCUT2D eigenvalue weighted by Crippen LogP contribution is -2.32. The van der Waals surface area contributed by atoms with Gasteiger partial charge in [-0.25, -0.2) is 4.39 Å². The van der Waals surface area contributed by atoms with Gasteiger partial charge in [-0.3, -0.25) is 4.79 Å². The summed E-state index contributed by atoms with van der Waals surface area (Å²) >= 11 is 0. The molecule has 2 rings (SSSR count). The number of anilines is 1. The molecule has 0 saturated heterocycles. The lowest BCUT2D eigenvalue weighted by molar-refractivity contribution is -0.140. The van der Waals surface area contributed by atoms with Crippen molar-refractivity contribution in [2.75, 3.05) is 11.9 Å². The van der Waals surface area contributed by atoms with Crippen molar-refractivity contribution in [3.05, 3.63) is 29.6 Å². The van der Waals surface area contributed by atoms with Gasteiger partial charge in [0.1, 0.15) is 5.82 Å². The standard InChI is InChI=1S/C13H16FNO2/c1-2-3-8-7-15-11-5-4-9(14)6-10(11)12(8)13(16)17/h4-6,8,12,15H,2-3,7H2,1H3,(H,16,17). The first-order chi connectivity index (χ1) is 8.13. The molecule has 4 heteroatoms. The summed E-state index contributed by atoms with van der Waals surface area (Å²) in [5.74, 6) is -1.81. The SMILES string of the molecule is CCCC1CNc2ccc(F)cc2C1C(=O)O. The van der Waals surface area contributed by atoms with Crippen molar-refractivity contribution in [3.8, 4) is 0 Å². The maximum atomic E-state index is 13.2. The van der Waals surface area contributed by atoms with Gasteiger partial charge in [0, 0.05) is 12.2 Å². The van der Waals surface area contributed by atoms with E-state index in [1.807, 2.05) is 6.92 Å². The van der Waals surface area contributed by atoms with Crippen LogP contribution in [0.25, 0.3) is 0 Å². The molecule has 0 aromatic heterocycles. The number of halogens is 1. The van der Waals surface area contributed by atoms with E-state index in [2.05, 4.69) is 5.32 Å². The molecule has 1 aromatic carbocycles. The Morgan fingerprint density at radius 2 is 2.35 bits per heavy atom. The molecule has 0 saturated carbocycles. The summed E-state index contributed by atoms with van der Waals surface area (Å²) < 4.78 is 13.2. The number of carboxylic acid groups (broad SMARTS) is 1. The van der Waals surface area contributed by atoms with Crippen LogP contribution in [-0.2, 0) is 4.79 Å². The number of carbonyl (C=O) groups is 1. The highest BCUT2D eigenvalue weighted by molar-refractivity contribution is 5.80. The second kappa shape index (κ2) is 4.73. The van der Waals surface area contributed by atoms with Crippen LogP contribution >= 0.6 is 0 Å². The zero-order chi connectivity index (χ0) is 12.4. The third-order valence-electron chi connectivity index (χ3n) is 3.30. The lowest BCUT2D eigenvalue weighted by atomic mass is 9.80. The first-order valence-corrected chi connectivity index (χ1v) is 5.89. The monoisotopic (exact) mass is 237 g/mol. The van der Waals surface area contributed by atoms with Crippen LogP contribution in [0.5, 0.6) is 0 Å². The maximum absolute atomic E-state index is 13.2. The molecule has 1 aliphatic heterocycles. The highest BCUT2D eigenvalue weighted by atomic mass is 19.1. The summed E-state index contributed by atoms with van der Waals surface area (Å²) in [5.41, 5.74) is 1.31. The molecule has 2 N–H and O–H groups in total. The summed E-state index contributed by atoms with van der Waals surface area (Å²) in [6.45, 7) is 2.67. The van der Waals surface area contributed by atoms with E-state index in [1.165, 1.54) is 12.1 Å². The predicted molar refractivity (Wildman–Crippen MR) is 63.7 cm³/mol. The number of fused-ring (bicyclic) bond motifs is 1. The van der Waals surface area contributed by atoms with Crippen LogP contribution < -0.4 is 5.32 Å². The molecule has 2 atom stereocenters. The minimum Gasteiger partial charge on any atom is -0.481 e. The van der Waals surface area contributed by atoms with E-state index in [9.17, 15) is 14.3 Å². The molecule has 0 bridgehead atoms. The molecule has 2 unspecified atom stereocenters. The topological polar surface area (TPSA) is 49.3 Å². The summed E-state index contributed by atoms with van der Waals surface area (Å²) in [7, 11) is 0. The highest BCUT2D eigenvalue weighted by Crippen LogP contribution is 2.37. The first kappa shape index (κ1) is 11.9. The van der Waals surface area contributed by atoms with E-state index in [1.54, 1.807) is 6.07 Å². The van der Waals surface area contributed by atoms with Crippen molar-refractivity contribution in [3.63, 3.8) is 0 Å². The van der Waals surface area contributed by atoms with Crippen molar-refractivity contribution in [1.82, 2.24) is 0 Å². The minimum atomic E-state index is -0.864. The van der Waals surface area contributed by atoms with E-state index >= 15 is 0 Å². The summed E-state index contributed by atoms with van der Waals surface area (Å²) in [6.07, 6.45) is 1.76. The molecule has 17 heavy (non-hydrogen) atoms. The first-order valence-electron chi connectivity index (χ1n) is 5.89. The van der Waals surface area contributed by atoms with Gasteiger partial charge < -0.3 is 10.4 Å². The summed E-state index contributed by atoms with van der Waals surface area (Å²) in [4.78, 5) is 11.4. The van der Waals surface area contributed by atoms with Gasteiger partial charge in [0.15, 0.2) is 0 Å². The molecule has 0 fully saturated rings. The summed E-state index contributed by atoms with van der Waals surface area (Å²) in [6, 6.07) is 4.30. The average molecular weight is 237 g/mol. The second-order valence-electron chi connectivity index (χ2n) is 4.48. The third kappa shape index (κ3) is 2.25. The average Bonchev–Trinajstić information content (AvgIpc) is 2.28. The molecule has 1 aliphatic rings. The van der Waals surface area contributed by atoms with Crippen LogP contribution in [0.2, 0.25) is 0 Å². The Kier molecular flexibility index (Phi) is 3.31. The molecule has 92 valence electrons. The number of rotatable bonds is 3. The predicted octanol–water partition coefficient (Wildman–Crippen LogP) is 2.84. The van der Waals surface area contributed by atoms with Crippen molar-refractivity contribution < 1.29 is 14.3 Å². The normalized spacial score (nSPS) is 22.7. The van der Waals surface area contributed by atoms with E-state index in [-0.39, 0.29) is 11.7 Å². The Morgan fingerprint density at radius 1 is 1.59 bits per heavy atom. The maximum Gasteiger partial charge on any atom is 0.311 e. The van der Waals surface area contributed by atoms with Crippen LogP contribution in [0.1, 0.15) is 31.2 Å². The van der Waals surface area contributed by atoms with Gasteiger partial charge in [-0.1, -0.05) is 13.3 Å². The van der Waals surface area contributed by atoms with Gasteiger partial charge in [0.2, 0.25) is 0 Å². The van der Waals surface area contributed by atoms with Gasteiger partial charge in [0.25, 0.3) is 0 Å². The number of benzene rings is 1. The van der Waals surface area contributed by atoms with Gasteiger partial charge in [-0.2, -0.15) is 0 Å². The smallest absolute Gasteiger partial charge is 0.311 e. The fourth-order valence-corrected chi connectivity index (χ4v) is 2.54. The van der Waals surface area contributed by atoms with Gasteiger partial charge in [-0.15, -0.1) is 0 Å². The van der Waals surface area contributed by atoms with Crippen molar-refractivity contribution in [1.29, 1.82) is 0 Å². The Labute approximate surface area is 99.7 Å². The zero-order valence-electron chi connectivity index (χ0n) is 9.74. The fourth-order valence-electron chi connectivity index (χ4n) is 2.54. The number of hydrogen-bond acceptors (Lipinski definition) is 2. The zero-order valence-corrected chi connectivity index (χ0v) is 9.74. The molecule has 3 nitrogen and oxygen atoms in total. The highest BCUT2D eigenvalue weighted by Gasteiger charge is 2.34. The number of nitrogens with one attached hydrogen (secondary N) is 1. The van der Waals surface area contributed by atoms with Crippen LogP contribution in [0.15, 0.2) is 18.2 Å². The molecule has 0 aliphatic carbocycles. The molecule has 0 spiro atoms. The van der Waals surface area contributed by atoms with Gasteiger partial charge in [0.05, 0.1) is 5.92 Å². The van der Waals surface area contributed by atoms with E-state index in [0.29, 0.717) is 12.1 Å². The minimum absolute atomic E-state index is 0.0341. The van der Waals surface area contributed by atoms with E-state index < -0.39 is 11.9 Å². The number of hydrogen-bond donors (Lipinski definition) is 2.